The predicted octanol–water partition coefficient (Wildman–Crippen LogP) is 8.42. The van der Waals surface area contributed by atoms with Gasteiger partial charge in [0.1, 0.15) is 17.8 Å². The first-order valence-corrected chi connectivity index (χ1v) is 17.6. The van der Waals surface area contributed by atoms with E-state index in [-0.39, 0.29) is 24.8 Å². The van der Waals surface area contributed by atoms with Gasteiger partial charge in [-0.2, -0.15) is 5.10 Å². The SMILES string of the molecule is O=C(NCc1cccc(-c2cccc([C@@H]3O[C@H](CSc4ncn[nH]4)C[C@H](c4ccc(CO)cc4)O3)c2)c1)Nc1ccc(Oc2ccccc2)cc1. The number of urea groups is 1. The third-order valence-corrected chi connectivity index (χ3v) is 9.39. The van der Waals surface area contributed by atoms with Gasteiger partial charge in [0.05, 0.1) is 18.8 Å². The average Bonchev–Trinajstić information content (AvgIpc) is 3.72. The number of ether oxygens (including phenoxy) is 3. The molecule has 258 valence electrons. The van der Waals surface area contributed by atoms with Crippen LogP contribution < -0.4 is 15.4 Å². The summed E-state index contributed by atoms with van der Waals surface area (Å²) in [6.45, 7) is 0.344. The third kappa shape index (κ3) is 9.21. The molecule has 2 amide bonds. The lowest BCUT2D eigenvalue weighted by Gasteiger charge is -2.36. The molecular formula is C40H37N5O5S. The van der Waals surface area contributed by atoms with Gasteiger partial charge in [0.2, 0.25) is 0 Å². The molecule has 1 aliphatic rings. The summed E-state index contributed by atoms with van der Waals surface area (Å²) in [5, 5.41) is 22.9. The van der Waals surface area contributed by atoms with Crippen molar-refractivity contribution < 1.29 is 24.1 Å². The van der Waals surface area contributed by atoms with Gasteiger partial charge in [-0.1, -0.05) is 90.6 Å². The Bertz CT molecular complexity index is 2010. The molecule has 1 saturated heterocycles. The summed E-state index contributed by atoms with van der Waals surface area (Å²) < 4.78 is 18.9. The molecule has 1 aliphatic heterocycles. The fourth-order valence-electron chi connectivity index (χ4n) is 5.77. The summed E-state index contributed by atoms with van der Waals surface area (Å²) in [7, 11) is 0. The summed E-state index contributed by atoms with van der Waals surface area (Å²) in [5.41, 5.74) is 6.42. The lowest BCUT2D eigenvalue weighted by Crippen LogP contribution is -2.31. The topological polar surface area (TPSA) is 131 Å². The van der Waals surface area contributed by atoms with Crippen LogP contribution in [0.2, 0.25) is 0 Å². The van der Waals surface area contributed by atoms with Gasteiger partial charge in [0.25, 0.3) is 0 Å². The maximum Gasteiger partial charge on any atom is 0.319 e. The molecule has 3 atom stereocenters. The Hall–Kier alpha value is -5.46. The number of carbonyl (C=O) groups is 1. The van der Waals surface area contributed by atoms with Crippen molar-refractivity contribution in [1.29, 1.82) is 0 Å². The van der Waals surface area contributed by atoms with Crippen molar-refractivity contribution in [3.8, 4) is 22.6 Å². The number of anilines is 1. The number of aliphatic hydroxyl groups excluding tert-OH is 1. The van der Waals surface area contributed by atoms with Crippen LogP contribution in [0.25, 0.3) is 11.1 Å². The predicted molar refractivity (Wildman–Crippen MR) is 196 cm³/mol. The van der Waals surface area contributed by atoms with Gasteiger partial charge in [-0.15, -0.1) is 0 Å². The summed E-state index contributed by atoms with van der Waals surface area (Å²) in [5.74, 6) is 2.11. The lowest BCUT2D eigenvalue weighted by molar-refractivity contribution is -0.245. The Kier molecular flexibility index (Phi) is 11.0. The molecule has 7 rings (SSSR count). The molecule has 0 spiro atoms. The monoisotopic (exact) mass is 699 g/mol. The van der Waals surface area contributed by atoms with Crippen molar-refractivity contribution in [2.75, 3.05) is 11.1 Å². The van der Waals surface area contributed by atoms with E-state index in [1.54, 1.807) is 23.9 Å². The van der Waals surface area contributed by atoms with Crippen LogP contribution in [0.4, 0.5) is 10.5 Å². The molecule has 5 aromatic carbocycles. The van der Waals surface area contributed by atoms with Gasteiger partial charge in [-0.3, -0.25) is 5.10 Å². The largest absolute Gasteiger partial charge is 0.457 e. The molecule has 0 radical (unpaired) electrons. The minimum atomic E-state index is -0.589. The van der Waals surface area contributed by atoms with Crippen LogP contribution in [-0.2, 0) is 22.6 Å². The van der Waals surface area contributed by atoms with E-state index in [0.717, 1.165) is 44.3 Å². The Labute approximate surface area is 300 Å². The van der Waals surface area contributed by atoms with Crippen LogP contribution in [0.5, 0.6) is 11.5 Å². The molecule has 11 heteroatoms. The van der Waals surface area contributed by atoms with Crippen molar-refractivity contribution in [3.63, 3.8) is 0 Å². The Balaban J connectivity index is 0.996. The van der Waals surface area contributed by atoms with Gasteiger partial charge < -0.3 is 30.0 Å². The fourth-order valence-corrected chi connectivity index (χ4v) is 6.57. The maximum absolute atomic E-state index is 12.7. The molecule has 4 N–H and O–H groups in total. The van der Waals surface area contributed by atoms with E-state index in [1.165, 1.54) is 6.33 Å². The van der Waals surface area contributed by atoms with Crippen molar-refractivity contribution in [2.24, 2.45) is 0 Å². The zero-order valence-electron chi connectivity index (χ0n) is 27.6. The fraction of sp³-hybridized carbons (Fsp3) is 0.175. The quantitative estimate of drug-likeness (QED) is 0.0937. The normalized spacial score (nSPS) is 17.1. The van der Waals surface area contributed by atoms with Crippen molar-refractivity contribution in [1.82, 2.24) is 20.5 Å². The highest BCUT2D eigenvalue weighted by Crippen LogP contribution is 2.40. The van der Waals surface area contributed by atoms with Gasteiger partial charge in [-0.25, -0.2) is 9.78 Å². The van der Waals surface area contributed by atoms with Crippen LogP contribution in [0.15, 0.2) is 139 Å². The van der Waals surface area contributed by atoms with Gasteiger partial charge in [0.15, 0.2) is 11.4 Å². The first-order chi connectivity index (χ1) is 25.1. The number of thioether (sulfide) groups is 1. The van der Waals surface area contributed by atoms with Crippen molar-refractivity contribution >= 4 is 23.5 Å². The second-order valence-electron chi connectivity index (χ2n) is 12.0. The number of para-hydroxylation sites is 1. The molecule has 0 aliphatic carbocycles. The smallest absolute Gasteiger partial charge is 0.319 e. The molecule has 1 fully saturated rings. The van der Waals surface area contributed by atoms with Gasteiger partial charge in [0, 0.05) is 30.0 Å². The second kappa shape index (κ2) is 16.5. The number of hydrogen-bond acceptors (Lipinski definition) is 8. The molecule has 0 unspecified atom stereocenters. The standard InChI is InChI=1S/C40H37N5O5S/c46-24-27-12-14-29(15-13-27)37-22-36(25-51-40-42-26-43-45-40)49-38(50-37)32-9-5-8-31(21-32)30-7-4-6-28(20-30)23-41-39(47)44-33-16-18-35(19-17-33)48-34-10-2-1-3-11-34/h1-21,26,36-38,46H,22-25H2,(H2,41,44,47)(H,42,43,45)/t36-,37+,38+/m0/s1. The first kappa shape index (κ1) is 34.0. The number of H-pyrrole nitrogens is 1. The minimum absolute atomic E-state index is 0.00821. The van der Waals surface area contributed by atoms with Crippen LogP contribution in [0, 0.1) is 0 Å². The van der Waals surface area contributed by atoms with Gasteiger partial charge in [-0.05, 0) is 76.3 Å². The molecule has 2 heterocycles. The Morgan fingerprint density at radius 3 is 2.35 bits per heavy atom. The van der Waals surface area contributed by atoms with Crippen molar-refractivity contribution in [3.05, 3.63) is 156 Å². The van der Waals surface area contributed by atoms with E-state index in [1.807, 2.05) is 97.1 Å². The summed E-state index contributed by atoms with van der Waals surface area (Å²) in [6, 6.07) is 40.6. The first-order valence-electron chi connectivity index (χ1n) is 16.6. The average molecular weight is 700 g/mol. The van der Waals surface area contributed by atoms with Crippen LogP contribution in [0.1, 0.15) is 41.1 Å². The number of hydrogen-bond donors (Lipinski definition) is 4. The number of rotatable bonds is 12. The molecule has 51 heavy (non-hydrogen) atoms. The van der Waals surface area contributed by atoms with E-state index in [0.29, 0.717) is 30.2 Å². The minimum Gasteiger partial charge on any atom is -0.457 e. The zero-order chi connectivity index (χ0) is 34.8. The van der Waals surface area contributed by atoms with Crippen LogP contribution in [0.3, 0.4) is 0 Å². The highest BCUT2D eigenvalue weighted by atomic mass is 32.2. The number of aliphatic hydroxyl groups is 1. The number of carbonyl (C=O) groups excluding carboxylic acids is 1. The Morgan fingerprint density at radius 1 is 0.824 bits per heavy atom. The summed E-state index contributed by atoms with van der Waals surface area (Å²) in [6.07, 6.45) is 1.28. The maximum atomic E-state index is 12.7. The van der Waals surface area contributed by atoms with E-state index in [4.69, 9.17) is 14.2 Å². The van der Waals surface area contributed by atoms with E-state index >= 15 is 0 Å². The number of amides is 2. The van der Waals surface area contributed by atoms with E-state index < -0.39 is 6.29 Å². The molecule has 1 aromatic heterocycles. The van der Waals surface area contributed by atoms with Gasteiger partial charge >= 0.3 is 6.03 Å². The number of aromatic amines is 1. The van der Waals surface area contributed by atoms with Crippen molar-refractivity contribution in [2.45, 2.75) is 43.2 Å². The molecule has 0 bridgehead atoms. The number of aromatic nitrogens is 3. The molecular weight excluding hydrogens is 663 g/mol. The molecule has 10 nitrogen and oxygen atoms in total. The highest BCUT2D eigenvalue weighted by Gasteiger charge is 2.32. The highest BCUT2D eigenvalue weighted by molar-refractivity contribution is 7.99. The third-order valence-electron chi connectivity index (χ3n) is 8.38. The number of nitrogens with zero attached hydrogens (tertiary/aromatic N) is 2. The van der Waals surface area contributed by atoms with Crippen LogP contribution in [-0.4, -0.2) is 38.2 Å². The second-order valence-corrected chi connectivity index (χ2v) is 13.0. The lowest BCUT2D eigenvalue weighted by atomic mass is 9.99. The van der Waals surface area contributed by atoms with E-state index in [2.05, 4.69) is 44.0 Å². The summed E-state index contributed by atoms with van der Waals surface area (Å²) in [4.78, 5) is 17.0. The Morgan fingerprint density at radius 2 is 1.59 bits per heavy atom. The van der Waals surface area contributed by atoms with E-state index in [9.17, 15) is 9.90 Å². The molecule has 6 aromatic rings. The number of benzene rings is 5. The molecule has 0 saturated carbocycles. The zero-order valence-corrected chi connectivity index (χ0v) is 28.5. The number of nitrogens with one attached hydrogen (secondary N) is 3. The summed E-state index contributed by atoms with van der Waals surface area (Å²) >= 11 is 1.56. The van der Waals surface area contributed by atoms with Crippen LogP contribution >= 0.6 is 11.8 Å².